The van der Waals surface area contributed by atoms with E-state index in [9.17, 15) is 0 Å². The topological polar surface area (TPSA) is 51.8 Å². The summed E-state index contributed by atoms with van der Waals surface area (Å²) in [5.41, 5.74) is 1.84. The average molecular weight is 203 g/mol. The molecule has 0 N–H and O–H groups in total. The number of nitrogens with zero attached hydrogens (tertiary/aromatic N) is 3. The molecule has 0 unspecified atom stereocenters. The summed E-state index contributed by atoms with van der Waals surface area (Å²) in [5, 5.41) is 3.89. The highest BCUT2D eigenvalue weighted by atomic mass is 16.5. The Morgan fingerprint density at radius 1 is 1.27 bits per heavy atom. The lowest BCUT2D eigenvalue weighted by atomic mass is 10.2. The minimum atomic E-state index is 0.271. The Hall–Kier alpha value is -1.71. The maximum Gasteiger partial charge on any atom is 0.276 e. The molecule has 15 heavy (non-hydrogen) atoms. The van der Waals surface area contributed by atoms with E-state index >= 15 is 0 Å². The Morgan fingerprint density at radius 3 is 2.60 bits per heavy atom. The summed E-state index contributed by atoms with van der Waals surface area (Å²) in [7, 11) is 0. The number of pyridine rings is 1. The van der Waals surface area contributed by atoms with Gasteiger partial charge in [-0.05, 0) is 18.6 Å². The molecule has 0 saturated carbocycles. The Labute approximate surface area is 88.4 Å². The second kappa shape index (κ2) is 3.81. The van der Waals surface area contributed by atoms with Crippen LogP contribution in [0.15, 0.2) is 22.9 Å². The number of rotatable bonds is 2. The van der Waals surface area contributed by atoms with Gasteiger partial charge in [0.1, 0.15) is 5.69 Å². The monoisotopic (exact) mass is 203 g/mol. The Bertz CT molecular complexity index is 445. The maximum absolute atomic E-state index is 5.13. The van der Waals surface area contributed by atoms with E-state index in [1.54, 1.807) is 6.20 Å². The van der Waals surface area contributed by atoms with Gasteiger partial charge in [0.15, 0.2) is 5.82 Å². The van der Waals surface area contributed by atoms with Crippen LogP contribution in [0.25, 0.3) is 11.6 Å². The van der Waals surface area contributed by atoms with Gasteiger partial charge in [-0.2, -0.15) is 4.98 Å². The van der Waals surface area contributed by atoms with E-state index in [4.69, 9.17) is 4.52 Å². The lowest BCUT2D eigenvalue weighted by molar-refractivity contribution is 0.418. The number of hydrogen-bond donors (Lipinski definition) is 0. The summed E-state index contributed by atoms with van der Waals surface area (Å²) in [6, 6.07) is 3.86. The predicted molar refractivity (Wildman–Crippen MR) is 56.4 cm³/mol. The molecule has 2 heterocycles. The minimum absolute atomic E-state index is 0.271. The molecule has 0 amide bonds. The van der Waals surface area contributed by atoms with Crippen LogP contribution in [0.3, 0.4) is 0 Å². The molecule has 0 atom stereocenters. The third kappa shape index (κ3) is 2.03. The van der Waals surface area contributed by atoms with E-state index in [0.717, 1.165) is 11.3 Å². The second-order valence-corrected chi connectivity index (χ2v) is 3.83. The first-order chi connectivity index (χ1) is 7.16. The largest absolute Gasteiger partial charge is 0.332 e. The molecule has 0 saturated heterocycles. The summed E-state index contributed by atoms with van der Waals surface area (Å²) in [6.07, 6.45) is 1.79. The van der Waals surface area contributed by atoms with Crippen molar-refractivity contribution in [1.29, 1.82) is 0 Å². The predicted octanol–water partition coefficient (Wildman–Crippen LogP) is 2.56. The Kier molecular flexibility index (Phi) is 2.49. The van der Waals surface area contributed by atoms with Gasteiger partial charge in [0.2, 0.25) is 0 Å². The van der Waals surface area contributed by atoms with Crippen molar-refractivity contribution in [2.45, 2.75) is 26.7 Å². The van der Waals surface area contributed by atoms with Crippen molar-refractivity contribution >= 4 is 0 Å². The molecule has 0 bridgehead atoms. The van der Waals surface area contributed by atoms with E-state index in [0.29, 0.717) is 11.7 Å². The fourth-order valence-electron chi connectivity index (χ4n) is 1.17. The molecule has 2 aromatic heterocycles. The molecule has 2 rings (SSSR count). The van der Waals surface area contributed by atoms with Gasteiger partial charge in [-0.25, -0.2) is 0 Å². The molecule has 4 heteroatoms. The van der Waals surface area contributed by atoms with Crippen LogP contribution in [0, 0.1) is 6.92 Å². The third-order valence-corrected chi connectivity index (χ3v) is 2.09. The van der Waals surface area contributed by atoms with Gasteiger partial charge >= 0.3 is 0 Å². The van der Waals surface area contributed by atoms with E-state index in [1.807, 2.05) is 32.9 Å². The standard InChI is InChI=1S/C11H13N3O/c1-7(2)10-13-11(15-14-10)9-5-4-8(3)6-12-9/h4-7H,1-3H3. The molecule has 0 fully saturated rings. The van der Waals surface area contributed by atoms with Gasteiger partial charge in [0, 0.05) is 12.1 Å². The van der Waals surface area contributed by atoms with Gasteiger partial charge < -0.3 is 4.52 Å². The quantitative estimate of drug-likeness (QED) is 0.752. The van der Waals surface area contributed by atoms with Crippen molar-refractivity contribution in [2.75, 3.05) is 0 Å². The van der Waals surface area contributed by atoms with Gasteiger partial charge in [-0.15, -0.1) is 0 Å². The van der Waals surface area contributed by atoms with Crippen LogP contribution < -0.4 is 0 Å². The van der Waals surface area contributed by atoms with Crippen molar-refractivity contribution in [3.8, 4) is 11.6 Å². The Morgan fingerprint density at radius 2 is 2.07 bits per heavy atom. The first-order valence-electron chi connectivity index (χ1n) is 4.93. The van der Waals surface area contributed by atoms with Gasteiger partial charge in [-0.3, -0.25) is 4.98 Å². The van der Waals surface area contributed by atoms with Crippen LogP contribution >= 0.6 is 0 Å². The van der Waals surface area contributed by atoms with Gasteiger partial charge in [-0.1, -0.05) is 25.1 Å². The molecule has 2 aromatic rings. The van der Waals surface area contributed by atoms with Crippen LogP contribution in [0.5, 0.6) is 0 Å². The van der Waals surface area contributed by atoms with Gasteiger partial charge in [0.05, 0.1) is 0 Å². The third-order valence-electron chi connectivity index (χ3n) is 2.09. The first kappa shape index (κ1) is 9.83. The lowest BCUT2D eigenvalue weighted by Crippen LogP contribution is -1.90. The summed E-state index contributed by atoms with van der Waals surface area (Å²) in [6.45, 7) is 6.04. The van der Waals surface area contributed by atoms with Gasteiger partial charge in [0.25, 0.3) is 5.89 Å². The van der Waals surface area contributed by atoms with Crippen molar-refractivity contribution in [1.82, 2.24) is 15.1 Å². The summed E-state index contributed by atoms with van der Waals surface area (Å²) in [4.78, 5) is 8.49. The van der Waals surface area contributed by atoms with Crippen molar-refractivity contribution in [2.24, 2.45) is 0 Å². The molecule has 0 aliphatic carbocycles. The highest BCUT2D eigenvalue weighted by molar-refractivity contribution is 5.46. The first-order valence-corrected chi connectivity index (χ1v) is 4.93. The maximum atomic E-state index is 5.13. The van der Waals surface area contributed by atoms with Crippen molar-refractivity contribution in [3.05, 3.63) is 29.7 Å². The van der Waals surface area contributed by atoms with Crippen molar-refractivity contribution in [3.63, 3.8) is 0 Å². The zero-order valence-electron chi connectivity index (χ0n) is 9.06. The summed E-state index contributed by atoms with van der Waals surface area (Å²) >= 11 is 0. The second-order valence-electron chi connectivity index (χ2n) is 3.83. The Balaban J connectivity index is 2.33. The van der Waals surface area contributed by atoms with Crippen LogP contribution in [-0.2, 0) is 0 Å². The fourth-order valence-corrected chi connectivity index (χ4v) is 1.17. The molecule has 4 nitrogen and oxygen atoms in total. The van der Waals surface area contributed by atoms with Crippen LogP contribution in [0.1, 0.15) is 31.2 Å². The highest BCUT2D eigenvalue weighted by Gasteiger charge is 2.11. The SMILES string of the molecule is Cc1ccc(-c2nc(C(C)C)no2)nc1. The fraction of sp³-hybridized carbons (Fsp3) is 0.364. The van der Waals surface area contributed by atoms with Crippen LogP contribution in [-0.4, -0.2) is 15.1 Å². The average Bonchev–Trinajstić information content (AvgIpc) is 2.68. The zero-order chi connectivity index (χ0) is 10.8. The summed E-state index contributed by atoms with van der Waals surface area (Å²) in [5.74, 6) is 1.47. The number of aryl methyl sites for hydroxylation is 1. The van der Waals surface area contributed by atoms with E-state index in [2.05, 4.69) is 15.1 Å². The molecule has 0 aromatic carbocycles. The van der Waals surface area contributed by atoms with Crippen LogP contribution in [0.2, 0.25) is 0 Å². The molecule has 78 valence electrons. The van der Waals surface area contributed by atoms with Crippen molar-refractivity contribution < 1.29 is 4.52 Å². The lowest BCUT2D eigenvalue weighted by Gasteiger charge is -1.94. The van der Waals surface area contributed by atoms with Crippen LogP contribution in [0.4, 0.5) is 0 Å². The number of hydrogen-bond acceptors (Lipinski definition) is 4. The molecular weight excluding hydrogens is 190 g/mol. The van der Waals surface area contributed by atoms with E-state index in [-0.39, 0.29) is 5.92 Å². The molecule has 0 aliphatic rings. The minimum Gasteiger partial charge on any atom is -0.332 e. The zero-order valence-corrected chi connectivity index (χ0v) is 9.06. The normalized spacial score (nSPS) is 10.9. The number of aromatic nitrogens is 3. The molecular formula is C11H13N3O. The smallest absolute Gasteiger partial charge is 0.276 e. The molecule has 0 spiro atoms. The summed E-state index contributed by atoms with van der Waals surface area (Å²) < 4.78 is 5.13. The molecule has 0 radical (unpaired) electrons. The van der Waals surface area contributed by atoms with E-state index < -0.39 is 0 Å². The highest BCUT2D eigenvalue weighted by Crippen LogP contribution is 2.17. The molecule has 0 aliphatic heterocycles. The van der Waals surface area contributed by atoms with E-state index in [1.165, 1.54) is 0 Å².